The Bertz CT molecular complexity index is 413. The van der Waals surface area contributed by atoms with E-state index in [1.165, 1.54) is 0 Å². The van der Waals surface area contributed by atoms with E-state index in [9.17, 15) is 0 Å². The van der Waals surface area contributed by atoms with Crippen molar-refractivity contribution in [3.05, 3.63) is 46.7 Å². The molecule has 0 aliphatic rings. The number of pyridine rings is 1. The Hall–Kier alpha value is -1.26. The normalized spacial score (nSPS) is 14.6. The van der Waals surface area contributed by atoms with Crippen molar-refractivity contribution in [3.8, 4) is 0 Å². The van der Waals surface area contributed by atoms with Crippen molar-refractivity contribution in [2.75, 3.05) is 0 Å². The summed E-state index contributed by atoms with van der Waals surface area (Å²) in [5, 5.41) is 2.96. The number of rotatable bonds is 4. The summed E-state index contributed by atoms with van der Waals surface area (Å²) < 4.78 is 0. The molecule has 0 amide bonds. The molecule has 2 aromatic heterocycles. The highest BCUT2D eigenvalue weighted by Crippen LogP contribution is 2.25. The fourth-order valence-corrected chi connectivity index (χ4v) is 2.34. The number of nitrogens with zero attached hydrogens (tertiary/aromatic N) is 2. The van der Waals surface area contributed by atoms with E-state index < -0.39 is 0 Å². The van der Waals surface area contributed by atoms with Gasteiger partial charge in [-0.25, -0.2) is 4.98 Å². The number of aromatic nitrogens is 2. The minimum Gasteiger partial charge on any atom is -0.322 e. The van der Waals surface area contributed by atoms with Crippen LogP contribution in [0.25, 0.3) is 0 Å². The van der Waals surface area contributed by atoms with E-state index in [0.29, 0.717) is 5.92 Å². The van der Waals surface area contributed by atoms with Crippen LogP contribution in [0.3, 0.4) is 0 Å². The molecule has 0 aromatic carbocycles. The molecular formula is C12H15N3S. The number of thiazole rings is 1. The van der Waals surface area contributed by atoms with Gasteiger partial charge in [0.2, 0.25) is 0 Å². The quantitative estimate of drug-likeness (QED) is 0.883. The summed E-state index contributed by atoms with van der Waals surface area (Å²) in [7, 11) is 0. The van der Waals surface area contributed by atoms with Crippen LogP contribution in [0.2, 0.25) is 0 Å². The van der Waals surface area contributed by atoms with Gasteiger partial charge in [0.1, 0.15) is 5.01 Å². The molecule has 0 fully saturated rings. The Labute approximate surface area is 99.4 Å². The molecule has 16 heavy (non-hydrogen) atoms. The molecule has 2 N–H and O–H groups in total. The summed E-state index contributed by atoms with van der Waals surface area (Å²) in [6, 6.07) is 5.99. The standard InChI is InChI=1S/C12H15N3S/c1-9(11-4-2-3-5-14-11)8-10(13)12-15-6-7-16-12/h2-7,9-10H,8,13H2,1H3. The first-order valence-corrected chi connectivity index (χ1v) is 6.21. The lowest BCUT2D eigenvalue weighted by atomic mass is 9.99. The molecular weight excluding hydrogens is 218 g/mol. The Balaban J connectivity index is 2.00. The van der Waals surface area contributed by atoms with Crippen LogP contribution in [-0.2, 0) is 0 Å². The van der Waals surface area contributed by atoms with Gasteiger partial charge in [-0.05, 0) is 18.6 Å². The van der Waals surface area contributed by atoms with Crippen molar-refractivity contribution in [2.45, 2.75) is 25.3 Å². The van der Waals surface area contributed by atoms with Gasteiger partial charge in [-0.15, -0.1) is 11.3 Å². The average molecular weight is 233 g/mol. The summed E-state index contributed by atoms with van der Waals surface area (Å²) in [6.07, 6.45) is 4.50. The van der Waals surface area contributed by atoms with Crippen molar-refractivity contribution >= 4 is 11.3 Å². The maximum absolute atomic E-state index is 6.10. The van der Waals surface area contributed by atoms with Crippen molar-refractivity contribution in [1.29, 1.82) is 0 Å². The van der Waals surface area contributed by atoms with E-state index in [1.807, 2.05) is 29.8 Å². The molecule has 84 valence electrons. The minimum atomic E-state index is 0.0111. The third kappa shape index (κ3) is 2.65. The van der Waals surface area contributed by atoms with Crippen molar-refractivity contribution in [3.63, 3.8) is 0 Å². The fraction of sp³-hybridized carbons (Fsp3) is 0.333. The van der Waals surface area contributed by atoms with Crippen LogP contribution in [0.1, 0.15) is 36.0 Å². The largest absolute Gasteiger partial charge is 0.322 e. The summed E-state index contributed by atoms with van der Waals surface area (Å²) in [5.74, 6) is 0.361. The first-order valence-electron chi connectivity index (χ1n) is 5.33. The van der Waals surface area contributed by atoms with Crippen LogP contribution >= 0.6 is 11.3 Å². The second-order valence-electron chi connectivity index (χ2n) is 3.87. The van der Waals surface area contributed by atoms with Crippen molar-refractivity contribution < 1.29 is 0 Å². The monoisotopic (exact) mass is 233 g/mol. The average Bonchev–Trinajstić information content (AvgIpc) is 2.83. The molecule has 0 aliphatic heterocycles. The highest BCUT2D eigenvalue weighted by Gasteiger charge is 2.15. The van der Waals surface area contributed by atoms with E-state index in [2.05, 4.69) is 16.9 Å². The predicted molar refractivity (Wildman–Crippen MR) is 66.3 cm³/mol. The van der Waals surface area contributed by atoms with Gasteiger partial charge in [0.15, 0.2) is 0 Å². The number of nitrogens with two attached hydrogens (primary N) is 1. The van der Waals surface area contributed by atoms with E-state index in [4.69, 9.17) is 5.73 Å². The third-order valence-electron chi connectivity index (χ3n) is 2.57. The van der Waals surface area contributed by atoms with Crippen LogP contribution in [0.15, 0.2) is 36.0 Å². The van der Waals surface area contributed by atoms with Gasteiger partial charge in [0.05, 0.1) is 6.04 Å². The first kappa shape index (κ1) is 11.2. The Morgan fingerprint density at radius 1 is 1.31 bits per heavy atom. The molecule has 2 unspecified atom stereocenters. The van der Waals surface area contributed by atoms with Gasteiger partial charge >= 0.3 is 0 Å². The molecule has 0 spiro atoms. The lowest BCUT2D eigenvalue weighted by Gasteiger charge is -2.14. The van der Waals surface area contributed by atoms with Gasteiger partial charge < -0.3 is 5.73 Å². The van der Waals surface area contributed by atoms with Gasteiger partial charge in [0.25, 0.3) is 0 Å². The zero-order valence-electron chi connectivity index (χ0n) is 9.21. The van der Waals surface area contributed by atoms with Crippen LogP contribution < -0.4 is 5.73 Å². The zero-order chi connectivity index (χ0) is 11.4. The van der Waals surface area contributed by atoms with Gasteiger partial charge in [-0.3, -0.25) is 4.98 Å². The van der Waals surface area contributed by atoms with Crippen LogP contribution in [0.5, 0.6) is 0 Å². The molecule has 2 aromatic rings. The molecule has 0 bridgehead atoms. The first-order chi connectivity index (χ1) is 7.77. The lowest BCUT2D eigenvalue weighted by Crippen LogP contribution is -2.13. The van der Waals surface area contributed by atoms with E-state index in [0.717, 1.165) is 17.1 Å². The molecule has 4 heteroatoms. The Morgan fingerprint density at radius 3 is 2.81 bits per heavy atom. The summed E-state index contributed by atoms with van der Waals surface area (Å²) in [6.45, 7) is 2.15. The van der Waals surface area contributed by atoms with E-state index >= 15 is 0 Å². The summed E-state index contributed by atoms with van der Waals surface area (Å²) >= 11 is 1.61. The van der Waals surface area contributed by atoms with Gasteiger partial charge in [-0.1, -0.05) is 13.0 Å². The molecule has 2 heterocycles. The molecule has 0 radical (unpaired) electrons. The maximum atomic E-state index is 6.10. The van der Waals surface area contributed by atoms with Crippen LogP contribution in [0, 0.1) is 0 Å². The van der Waals surface area contributed by atoms with Crippen LogP contribution in [-0.4, -0.2) is 9.97 Å². The lowest BCUT2D eigenvalue weighted by molar-refractivity contribution is 0.562. The highest BCUT2D eigenvalue weighted by atomic mass is 32.1. The van der Waals surface area contributed by atoms with E-state index in [1.54, 1.807) is 17.5 Å². The Morgan fingerprint density at radius 2 is 2.19 bits per heavy atom. The molecule has 2 atom stereocenters. The summed E-state index contributed by atoms with van der Waals surface area (Å²) in [5.41, 5.74) is 7.19. The Kier molecular flexibility index (Phi) is 3.64. The molecule has 0 saturated carbocycles. The number of hydrogen-bond donors (Lipinski definition) is 1. The van der Waals surface area contributed by atoms with E-state index in [-0.39, 0.29) is 6.04 Å². The van der Waals surface area contributed by atoms with Crippen molar-refractivity contribution in [1.82, 2.24) is 9.97 Å². The summed E-state index contributed by atoms with van der Waals surface area (Å²) in [4.78, 5) is 8.58. The van der Waals surface area contributed by atoms with Gasteiger partial charge in [-0.2, -0.15) is 0 Å². The second-order valence-corrected chi connectivity index (χ2v) is 4.79. The SMILES string of the molecule is CC(CC(N)c1nccs1)c1ccccn1. The molecule has 0 aliphatic carbocycles. The second kappa shape index (κ2) is 5.18. The maximum Gasteiger partial charge on any atom is 0.109 e. The minimum absolute atomic E-state index is 0.0111. The van der Waals surface area contributed by atoms with Crippen LogP contribution in [0.4, 0.5) is 0 Å². The van der Waals surface area contributed by atoms with Crippen molar-refractivity contribution in [2.24, 2.45) is 5.73 Å². The topological polar surface area (TPSA) is 51.8 Å². The molecule has 2 rings (SSSR count). The highest BCUT2D eigenvalue weighted by molar-refractivity contribution is 7.09. The predicted octanol–water partition coefficient (Wildman–Crippen LogP) is 2.73. The molecule has 0 saturated heterocycles. The zero-order valence-corrected chi connectivity index (χ0v) is 10.0. The third-order valence-corrected chi connectivity index (χ3v) is 3.48. The fourth-order valence-electron chi connectivity index (χ4n) is 1.69. The number of hydrogen-bond acceptors (Lipinski definition) is 4. The molecule has 3 nitrogen and oxygen atoms in total. The van der Waals surface area contributed by atoms with Gasteiger partial charge in [0, 0.05) is 29.4 Å². The smallest absolute Gasteiger partial charge is 0.109 e.